The largest absolute Gasteiger partial charge is 0.332 e. The van der Waals surface area contributed by atoms with Crippen molar-refractivity contribution in [3.63, 3.8) is 0 Å². The summed E-state index contributed by atoms with van der Waals surface area (Å²) < 4.78 is 2.93. The number of rotatable bonds is 13. The molecule has 0 amide bonds. The van der Waals surface area contributed by atoms with E-state index in [1.807, 2.05) is 6.92 Å². The summed E-state index contributed by atoms with van der Waals surface area (Å²) >= 11 is 6.43. The van der Waals surface area contributed by atoms with Crippen LogP contribution in [0.15, 0.2) is 9.59 Å². The molecule has 0 fully saturated rings. The van der Waals surface area contributed by atoms with Crippen molar-refractivity contribution in [2.24, 2.45) is 0 Å². The molecular formula is C20H35ClN2O2. The van der Waals surface area contributed by atoms with Crippen molar-refractivity contribution in [1.82, 2.24) is 9.13 Å². The first-order chi connectivity index (χ1) is 12.1. The van der Waals surface area contributed by atoms with Crippen LogP contribution in [0, 0.1) is 0 Å². The van der Waals surface area contributed by atoms with Gasteiger partial charge in [0, 0.05) is 13.1 Å². The molecule has 0 aliphatic heterocycles. The Balaban J connectivity index is 2.72. The summed E-state index contributed by atoms with van der Waals surface area (Å²) in [6.07, 6.45) is 12.3. The second kappa shape index (κ2) is 12.3. The average molecular weight is 371 g/mol. The Morgan fingerprint density at radius 1 is 0.760 bits per heavy atom. The molecular weight excluding hydrogens is 336 g/mol. The molecule has 5 heteroatoms. The lowest BCUT2D eigenvalue weighted by Crippen LogP contribution is -2.41. The fourth-order valence-electron chi connectivity index (χ4n) is 3.17. The van der Waals surface area contributed by atoms with Crippen LogP contribution in [0.25, 0.3) is 0 Å². The summed E-state index contributed by atoms with van der Waals surface area (Å²) in [5.41, 5.74) is 0.128. The van der Waals surface area contributed by atoms with E-state index in [0.717, 1.165) is 25.7 Å². The lowest BCUT2D eigenvalue weighted by Gasteiger charge is -2.15. The van der Waals surface area contributed by atoms with Gasteiger partial charge in [0.25, 0.3) is 5.56 Å². The Morgan fingerprint density at radius 3 is 1.88 bits per heavy atom. The zero-order valence-electron chi connectivity index (χ0n) is 16.3. The van der Waals surface area contributed by atoms with Crippen LogP contribution < -0.4 is 11.2 Å². The molecule has 0 N–H and O–H groups in total. The van der Waals surface area contributed by atoms with Crippen molar-refractivity contribution in [3.8, 4) is 0 Å². The molecule has 0 unspecified atom stereocenters. The van der Waals surface area contributed by atoms with Crippen molar-refractivity contribution >= 4 is 11.6 Å². The molecule has 0 bridgehead atoms. The van der Waals surface area contributed by atoms with Crippen LogP contribution in [0.2, 0.25) is 5.15 Å². The molecule has 1 aromatic heterocycles. The van der Waals surface area contributed by atoms with Crippen LogP contribution >= 0.6 is 11.6 Å². The van der Waals surface area contributed by atoms with E-state index in [1.54, 1.807) is 4.57 Å². The number of halogens is 1. The topological polar surface area (TPSA) is 44.0 Å². The Labute approximate surface area is 157 Å². The van der Waals surface area contributed by atoms with Crippen LogP contribution in [-0.2, 0) is 19.5 Å². The van der Waals surface area contributed by atoms with Gasteiger partial charge in [-0.25, -0.2) is 4.79 Å². The van der Waals surface area contributed by atoms with E-state index in [4.69, 9.17) is 11.6 Å². The SMILES string of the molecule is CCCCCCCCCCn1c(Cl)c(CCCC)c(=O)n(CC)c1=O. The van der Waals surface area contributed by atoms with Crippen molar-refractivity contribution in [2.75, 3.05) is 0 Å². The first kappa shape index (κ1) is 22.0. The van der Waals surface area contributed by atoms with Crippen molar-refractivity contribution < 1.29 is 0 Å². The minimum absolute atomic E-state index is 0.210. The minimum Gasteiger partial charge on any atom is -0.283 e. The monoisotopic (exact) mass is 370 g/mol. The van der Waals surface area contributed by atoms with E-state index in [2.05, 4.69) is 13.8 Å². The van der Waals surface area contributed by atoms with Gasteiger partial charge in [-0.1, -0.05) is 76.8 Å². The van der Waals surface area contributed by atoms with E-state index in [9.17, 15) is 9.59 Å². The third-order valence-electron chi connectivity index (χ3n) is 4.78. The maximum atomic E-state index is 12.5. The Hall–Kier alpha value is -1.03. The van der Waals surface area contributed by atoms with Crippen LogP contribution in [-0.4, -0.2) is 9.13 Å². The van der Waals surface area contributed by atoms with Gasteiger partial charge in [-0.15, -0.1) is 0 Å². The van der Waals surface area contributed by atoms with Gasteiger partial charge in [-0.05, 0) is 26.2 Å². The summed E-state index contributed by atoms with van der Waals surface area (Å²) in [7, 11) is 0. The van der Waals surface area contributed by atoms with Crippen molar-refractivity contribution in [3.05, 3.63) is 31.6 Å². The number of hydrogen-bond acceptors (Lipinski definition) is 2. The van der Waals surface area contributed by atoms with Gasteiger partial charge >= 0.3 is 5.69 Å². The summed E-state index contributed by atoms with van der Waals surface area (Å²) in [6, 6.07) is 0. The second-order valence-electron chi connectivity index (χ2n) is 6.83. The molecule has 0 aliphatic carbocycles. The van der Waals surface area contributed by atoms with Crippen molar-refractivity contribution in [2.45, 2.75) is 104 Å². The van der Waals surface area contributed by atoms with E-state index in [1.165, 1.54) is 43.1 Å². The first-order valence-electron chi connectivity index (χ1n) is 10.1. The molecule has 0 atom stereocenters. The van der Waals surface area contributed by atoms with Gasteiger partial charge in [-0.2, -0.15) is 0 Å². The van der Waals surface area contributed by atoms with E-state index < -0.39 is 0 Å². The summed E-state index contributed by atoms with van der Waals surface area (Å²) in [4.78, 5) is 25.0. The number of unbranched alkanes of at least 4 members (excludes halogenated alkanes) is 8. The second-order valence-corrected chi connectivity index (χ2v) is 7.19. The quantitative estimate of drug-likeness (QED) is 0.355. The fourth-order valence-corrected chi connectivity index (χ4v) is 3.50. The van der Waals surface area contributed by atoms with Gasteiger partial charge in [0.05, 0.1) is 5.56 Å². The maximum Gasteiger partial charge on any atom is 0.332 e. The summed E-state index contributed by atoms with van der Waals surface area (Å²) in [5.74, 6) is 0. The molecule has 0 spiro atoms. The van der Waals surface area contributed by atoms with E-state index in [-0.39, 0.29) is 11.2 Å². The summed E-state index contributed by atoms with van der Waals surface area (Å²) in [5, 5.41) is 0.357. The zero-order valence-corrected chi connectivity index (χ0v) is 17.0. The fraction of sp³-hybridized carbons (Fsp3) is 0.800. The zero-order chi connectivity index (χ0) is 18.7. The van der Waals surface area contributed by atoms with Gasteiger partial charge < -0.3 is 0 Å². The number of hydrogen-bond donors (Lipinski definition) is 0. The minimum atomic E-state index is -0.263. The molecule has 144 valence electrons. The van der Waals surface area contributed by atoms with Gasteiger partial charge in [0.2, 0.25) is 0 Å². The molecule has 0 aliphatic rings. The molecule has 4 nitrogen and oxygen atoms in total. The molecule has 0 saturated carbocycles. The highest BCUT2D eigenvalue weighted by atomic mass is 35.5. The third kappa shape index (κ3) is 6.65. The van der Waals surface area contributed by atoms with E-state index >= 15 is 0 Å². The lowest BCUT2D eigenvalue weighted by atomic mass is 10.1. The lowest BCUT2D eigenvalue weighted by molar-refractivity contribution is 0.507. The van der Waals surface area contributed by atoms with Gasteiger partial charge in [-0.3, -0.25) is 13.9 Å². The highest BCUT2D eigenvalue weighted by molar-refractivity contribution is 6.30. The molecule has 1 heterocycles. The molecule has 25 heavy (non-hydrogen) atoms. The first-order valence-corrected chi connectivity index (χ1v) is 10.5. The van der Waals surface area contributed by atoms with E-state index in [0.29, 0.717) is 30.2 Å². The Morgan fingerprint density at radius 2 is 1.32 bits per heavy atom. The normalized spacial score (nSPS) is 11.2. The molecule has 1 aromatic rings. The molecule has 0 radical (unpaired) electrons. The average Bonchev–Trinajstić information content (AvgIpc) is 2.60. The summed E-state index contributed by atoms with van der Waals surface area (Å²) in [6.45, 7) is 7.15. The van der Waals surface area contributed by atoms with Crippen molar-refractivity contribution in [1.29, 1.82) is 0 Å². The number of nitrogens with zero attached hydrogens (tertiary/aromatic N) is 2. The smallest absolute Gasteiger partial charge is 0.283 e. The molecule has 0 saturated heterocycles. The standard InChI is InChI=1S/C20H35ClN2O2/c1-4-7-9-10-11-12-13-14-16-23-18(21)17(15-8-5-2)19(24)22(6-3)20(23)25/h4-16H2,1-3H3. The van der Waals surface area contributed by atoms with Gasteiger partial charge in [0.1, 0.15) is 5.15 Å². The predicted octanol–water partition coefficient (Wildman–Crippen LogP) is 5.17. The number of aromatic nitrogens is 2. The van der Waals surface area contributed by atoms with Crippen LogP contribution in [0.3, 0.4) is 0 Å². The highest BCUT2D eigenvalue weighted by Gasteiger charge is 2.16. The van der Waals surface area contributed by atoms with Crippen LogP contribution in [0.5, 0.6) is 0 Å². The Bertz CT molecular complexity index is 619. The van der Waals surface area contributed by atoms with Gasteiger partial charge in [0.15, 0.2) is 0 Å². The highest BCUT2D eigenvalue weighted by Crippen LogP contribution is 2.15. The van der Waals surface area contributed by atoms with Crippen LogP contribution in [0.4, 0.5) is 0 Å². The molecule has 1 rings (SSSR count). The van der Waals surface area contributed by atoms with Crippen LogP contribution in [0.1, 0.15) is 90.5 Å². The molecule has 0 aromatic carbocycles. The Kier molecular flexibility index (Phi) is 10.9. The third-order valence-corrected chi connectivity index (χ3v) is 5.22. The predicted molar refractivity (Wildman–Crippen MR) is 107 cm³/mol. The maximum absolute atomic E-state index is 12.5.